The highest BCUT2D eigenvalue weighted by molar-refractivity contribution is 5.13. The van der Waals surface area contributed by atoms with Crippen LogP contribution in [-0.4, -0.2) is 22.4 Å². The van der Waals surface area contributed by atoms with E-state index in [4.69, 9.17) is 0 Å². The molecule has 25 heavy (non-hydrogen) atoms. The number of allylic oxidation sites excluding steroid dienone is 6. The number of aliphatic hydroxyl groups excluding tert-OH is 2. The first-order valence-corrected chi connectivity index (χ1v) is 9.88. The molecule has 0 aromatic heterocycles. The van der Waals surface area contributed by atoms with Crippen LogP contribution in [-0.2, 0) is 0 Å². The minimum Gasteiger partial charge on any atom is -0.389 e. The van der Waals surface area contributed by atoms with Crippen LogP contribution < -0.4 is 0 Å². The Morgan fingerprint density at radius 2 is 1.20 bits per heavy atom. The zero-order valence-electron chi connectivity index (χ0n) is 16.2. The van der Waals surface area contributed by atoms with Gasteiger partial charge in [-0.05, 0) is 32.1 Å². The van der Waals surface area contributed by atoms with E-state index in [9.17, 15) is 10.2 Å². The molecule has 0 aliphatic rings. The molecule has 2 heteroatoms. The van der Waals surface area contributed by atoms with Gasteiger partial charge in [-0.3, -0.25) is 0 Å². The van der Waals surface area contributed by atoms with Gasteiger partial charge in [-0.1, -0.05) is 100 Å². The molecule has 0 rings (SSSR count). The smallest absolute Gasteiger partial charge is 0.0758 e. The van der Waals surface area contributed by atoms with Crippen molar-refractivity contribution in [3.8, 4) is 0 Å². The summed E-state index contributed by atoms with van der Waals surface area (Å²) in [6.07, 6.45) is 28.3. The molecule has 0 saturated heterocycles. The van der Waals surface area contributed by atoms with Crippen molar-refractivity contribution in [1.82, 2.24) is 0 Å². The van der Waals surface area contributed by atoms with E-state index in [2.05, 4.69) is 32.1 Å². The van der Waals surface area contributed by atoms with Crippen LogP contribution in [0.5, 0.6) is 0 Å². The monoisotopic (exact) mass is 346 g/mol. The van der Waals surface area contributed by atoms with Gasteiger partial charge in [0.25, 0.3) is 0 Å². The lowest BCUT2D eigenvalue weighted by Crippen LogP contribution is -1.99. The Morgan fingerprint density at radius 3 is 1.76 bits per heavy atom. The van der Waals surface area contributed by atoms with Crippen molar-refractivity contribution in [3.05, 3.63) is 60.8 Å². The van der Waals surface area contributed by atoms with Gasteiger partial charge < -0.3 is 10.2 Å². The van der Waals surface area contributed by atoms with Gasteiger partial charge in [0, 0.05) is 0 Å². The maximum atomic E-state index is 9.85. The molecular formula is C23H38O2. The molecule has 142 valence electrons. The summed E-state index contributed by atoms with van der Waals surface area (Å²) in [5.74, 6) is 0. The summed E-state index contributed by atoms with van der Waals surface area (Å²) in [7, 11) is 0. The molecule has 0 radical (unpaired) electrons. The van der Waals surface area contributed by atoms with E-state index in [0.717, 1.165) is 12.8 Å². The van der Waals surface area contributed by atoms with E-state index in [0.29, 0.717) is 12.8 Å². The third kappa shape index (κ3) is 18.8. The Balaban J connectivity index is 3.77. The molecule has 0 aliphatic heterocycles. The molecule has 0 aromatic rings. The highest BCUT2D eigenvalue weighted by atomic mass is 16.3. The van der Waals surface area contributed by atoms with Gasteiger partial charge in [0.15, 0.2) is 0 Å². The Hall–Kier alpha value is -1.38. The van der Waals surface area contributed by atoms with Crippen molar-refractivity contribution in [2.24, 2.45) is 0 Å². The maximum absolute atomic E-state index is 9.85. The molecule has 0 fully saturated rings. The average molecular weight is 347 g/mol. The zero-order valence-corrected chi connectivity index (χ0v) is 16.2. The van der Waals surface area contributed by atoms with Crippen molar-refractivity contribution in [2.45, 2.75) is 83.8 Å². The molecule has 0 amide bonds. The lowest BCUT2D eigenvalue weighted by atomic mass is 10.1. The van der Waals surface area contributed by atoms with Crippen LogP contribution in [0.3, 0.4) is 0 Å². The molecule has 2 nitrogen and oxygen atoms in total. The van der Waals surface area contributed by atoms with Gasteiger partial charge in [0.1, 0.15) is 0 Å². The van der Waals surface area contributed by atoms with Gasteiger partial charge in [-0.15, -0.1) is 0 Å². The quantitative estimate of drug-likeness (QED) is 0.215. The van der Waals surface area contributed by atoms with Crippen LogP contribution in [0.25, 0.3) is 0 Å². The second-order valence-electron chi connectivity index (χ2n) is 6.31. The summed E-state index contributed by atoms with van der Waals surface area (Å²) in [6.45, 7) is 4.31. The van der Waals surface area contributed by atoms with Gasteiger partial charge >= 0.3 is 0 Å². The fraction of sp³-hybridized carbons (Fsp3) is 0.565. The van der Waals surface area contributed by atoms with Gasteiger partial charge in [0.2, 0.25) is 0 Å². The summed E-state index contributed by atoms with van der Waals surface area (Å²) in [5.41, 5.74) is 0. The summed E-state index contributed by atoms with van der Waals surface area (Å²) in [4.78, 5) is 0. The van der Waals surface area contributed by atoms with Crippen LogP contribution >= 0.6 is 0 Å². The summed E-state index contributed by atoms with van der Waals surface area (Å²) >= 11 is 0. The van der Waals surface area contributed by atoms with Crippen LogP contribution in [0.4, 0.5) is 0 Å². The third-order valence-electron chi connectivity index (χ3n) is 3.80. The number of hydrogen-bond acceptors (Lipinski definition) is 2. The average Bonchev–Trinajstić information content (AvgIpc) is 2.60. The minimum absolute atomic E-state index is 0.435. The third-order valence-corrected chi connectivity index (χ3v) is 3.80. The predicted octanol–water partition coefficient (Wildman–Crippen LogP) is 6.04. The first-order chi connectivity index (χ1) is 12.2. The second kappa shape index (κ2) is 19.0. The number of aliphatic hydroxyl groups is 2. The fourth-order valence-electron chi connectivity index (χ4n) is 2.29. The van der Waals surface area contributed by atoms with Crippen molar-refractivity contribution in [3.63, 3.8) is 0 Å². The largest absolute Gasteiger partial charge is 0.389 e. The second-order valence-corrected chi connectivity index (χ2v) is 6.31. The highest BCUT2D eigenvalue weighted by Gasteiger charge is 1.94. The summed E-state index contributed by atoms with van der Waals surface area (Å²) < 4.78 is 0. The topological polar surface area (TPSA) is 40.5 Å². The highest BCUT2D eigenvalue weighted by Crippen LogP contribution is 2.06. The minimum atomic E-state index is -0.436. The molecule has 0 aliphatic carbocycles. The molecule has 2 atom stereocenters. The number of unbranched alkanes of at least 4 members (excludes halogenated alkanes) is 5. The molecule has 0 heterocycles. The van der Waals surface area contributed by atoms with E-state index in [1.54, 1.807) is 12.2 Å². The molecule has 0 bridgehead atoms. The fourth-order valence-corrected chi connectivity index (χ4v) is 2.29. The summed E-state index contributed by atoms with van der Waals surface area (Å²) in [5, 5.41) is 19.5. The Bertz CT molecular complexity index is 416. The number of rotatable bonds is 15. The van der Waals surface area contributed by atoms with E-state index in [-0.39, 0.29) is 0 Å². The Kier molecular flexibility index (Phi) is 17.9. The van der Waals surface area contributed by atoms with Crippen molar-refractivity contribution in [2.75, 3.05) is 0 Å². The maximum Gasteiger partial charge on any atom is 0.0758 e. The SMILES string of the molecule is CC/C=C\CC(O)\C=C/C=C/C=C/C(O)C/C=C\CCCCCCC. The van der Waals surface area contributed by atoms with Gasteiger partial charge in [-0.25, -0.2) is 0 Å². The molecule has 0 saturated carbocycles. The summed E-state index contributed by atoms with van der Waals surface area (Å²) in [6, 6.07) is 0. The lowest BCUT2D eigenvalue weighted by Gasteiger charge is -2.00. The molecular weight excluding hydrogens is 308 g/mol. The Morgan fingerprint density at radius 1 is 0.640 bits per heavy atom. The van der Waals surface area contributed by atoms with Crippen LogP contribution in [0, 0.1) is 0 Å². The van der Waals surface area contributed by atoms with Crippen molar-refractivity contribution in [1.29, 1.82) is 0 Å². The number of hydrogen-bond donors (Lipinski definition) is 2. The predicted molar refractivity (Wildman–Crippen MR) is 111 cm³/mol. The molecule has 2 unspecified atom stereocenters. The van der Waals surface area contributed by atoms with E-state index in [1.165, 1.54) is 32.1 Å². The normalized spacial score (nSPS) is 15.5. The first-order valence-electron chi connectivity index (χ1n) is 9.88. The zero-order chi connectivity index (χ0) is 18.6. The van der Waals surface area contributed by atoms with Crippen molar-refractivity contribution < 1.29 is 10.2 Å². The molecule has 0 aromatic carbocycles. The first kappa shape index (κ1) is 23.6. The molecule has 0 spiro atoms. The van der Waals surface area contributed by atoms with Crippen molar-refractivity contribution >= 4 is 0 Å². The Labute approximate surface area is 155 Å². The van der Waals surface area contributed by atoms with Crippen LogP contribution in [0.15, 0.2) is 60.8 Å². The van der Waals surface area contributed by atoms with Gasteiger partial charge in [-0.2, -0.15) is 0 Å². The van der Waals surface area contributed by atoms with E-state index < -0.39 is 12.2 Å². The lowest BCUT2D eigenvalue weighted by molar-refractivity contribution is 0.226. The van der Waals surface area contributed by atoms with Gasteiger partial charge in [0.05, 0.1) is 12.2 Å². The standard InChI is InChI=1S/C23H38O2/c1-3-5-7-8-9-10-11-15-19-23(25)21-17-13-12-16-20-22(24)18-14-6-4-2/h6,11-17,20-25H,3-5,7-10,18-19H2,1-2H3/b13-12+,14-6-,15-11-,20-16-,21-17+. The molecule has 2 N–H and O–H groups in total. The van der Waals surface area contributed by atoms with Crippen LogP contribution in [0.2, 0.25) is 0 Å². The van der Waals surface area contributed by atoms with E-state index >= 15 is 0 Å². The van der Waals surface area contributed by atoms with E-state index in [1.807, 2.05) is 30.4 Å². The van der Waals surface area contributed by atoms with Crippen LogP contribution in [0.1, 0.15) is 71.6 Å².